The molecule has 196 valence electrons. The number of rotatable bonds is 8. The number of hydrogen-bond acceptors (Lipinski definition) is 5. The minimum atomic E-state index is -0.508. The Labute approximate surface area is 218 Å². The molecule has 3 aromatic rings. The van der Waals surface area contributed by atoms with Crippen molar-refractivity contribution in [1.82, 2.24) is 25.2 Å². The van der Waals surface area contributed by atoms with Crippen LogP contribution in [0.2, 0.25) is 0 Å². The van der Waals surface area contributed by atoms with Gasteiger partial charge in [0.2, 0.25) is 11.8 Å². The van der Waals surface area contributed by atoms with Gasteiger partial charge in [-0.2, -0.15) is 0 Å². The minimum absolute atomic E-state index is 0.0918. The highest BCUT2D eigenvalue weighted by atomic mass is 16.2. The van der Waals surface area contributed by atoms with E-state index >= 15 is 0 Å². The van der Waals surface area contributed by atoms with Crippen molar-refractivity contribution < 1.29 is 9.59 Å². The van der Waals surface area contributed by atoms with Crippen LogP contribution >= 0.6 is 0 Å². The van der Waals surface area contributed by atoms with Crippen LogP contribution in [0.25, 0.3) is 22.2 Å². The van der Waals surface area contributed by atoms with Crippen LogP contribution in [-0.4, -0.2) is 51.3 Å². The average molecular weight is 503 g/mol. The number of aryl methyl sites for hydroxylation is 1. The predicted octanol–water partition coefficient (Wildman–Crippen LogP) is 4.26. The number of benzene rings is 1. The first-order valence-electron chi connectivity index (χ1n) is 13.7. The van der Waals surface area contributed by atoms with Crippen LogP contribution in [0.5, 0.6) is 0 Å². The van der Waals surface area contributed by atoms with Gasteiger partial charge in [-0.25, -0.2) is 9.97 Å². The molecule has 1 aliphatic carbocycles. The number of H-pyrrole nitrogens is 1. The molecule has 2 aliphatic rings. The number of likely N-dealkylation sites (tertiary alicyclic amines) is 1. The van der Waals surface area contributed by atoms with E-state index in [1.54, 1.807) is 7.05 Å². The summed E-state index contributed by atoms with van der Waals surface area (Å²) in [6.45, 7) is 2.62. The van der Waals surface area contributed by atoms with Crippen molar-refractivity contribution in [3.63, 3.8) is 0 Å². The number of amides is 2. The SMILES string of the molecule is CNC(CC(C(=O)N1CCCC1c1cc(-c2c[nH]c3ccccc23)nc(C)n1)C1CCCCC1)C(N)=O. The lowest BCUT2D eigenvalue weighted by Crippen LogP contribution is -2.46. The van der Waals surface area contributed by atoms with Gasteiger partial charge in [-0.05, 0) is 64.1 Å². The molecule has 2 aromatic heterocycles. The van der Waals surface area contributed by atoms with Gasteiger partial charge in [0.15, 0.2) is 0 Å². The van der Waals surface area contributed by atoms with Gasteiger partial charge in [-0.1, -0.05) is 37.5 Å². The van der Waals surface area contributed by atoms with Crippen molar-refractivity contribution in [2.75, 3.05) is 13.6 Å². The lowest BCUT2D eigenvalue weighted by molar-refractivity contribution is -0.139. The van der Waals surface area contributed by atoms with E-state index in [2.05, 4.69) is 22.4 Å². The summed E-state index contributed by atoms with van der Waals surface area (Å²) in [5.41, 5.74) is 9.53. The van der Waals surface area contributed by atoms with Crippen molar-refractivity contribution in [1.29, 1.82) is 0 Å². The fraction of sp³-hybridized carbons (Fsp3) is 0.517. The average Bonchev–Trinajstić information content (AvgIpc) is 3.57. The van der Waals surface area contributed by atoms with Crippen LogP contribution in [0, 0.1) is 18.8 Å². The Kier molecular flexibility index (Phi) is 7.55. The van der Waals surface area contributed by atoms with E-state index in [9.17, 15) is 9.59 Å². The Bertz CT molecular complexity index is 1260. The van der Waals surface area contributed by atoms with Crippen LogP contribution in [0.3, 0.4) is 0 Å². The highest BCUT2D eigenvalue weighted by molar-refractivity contribution is 5.94. The minimum Gasteiger partial charge on any atom is -0.368 e. The second kappa shape index (κ2) is 11.0. The summed E-state index contributed by atoms with van der Waals surface area (Å²) in [6.07, 6.45) is 9.80. The molecular weight excluding hydrogens is 464 g/mol. The Balaban J connectivity index is 1.45. The molecule has 3 heterocycles. The standard InChI is InChI=1S/C29H38N6O2/c1-18-33-24(22-17-32-23-12-7-6-11-20(22)23)16-25(34-18)27-13-8-14-35(27)29(37)21(15-26(31-2)28(30)36)19-9-4-3-5-10-19/h6-7,11-12,16-17,19,21,26-27,31-32H,3-5,8-10,13-15H2,1-2H3,(H2,30,36). The molecule has 0 spiro atoms. The van der Waals surface area contributed by atoms with Gasteiger partial charge in [0, 0.05) is 35.1 Å². The van der Waals surface area contributed by atoms with E-state index in [1.165, 1.54) is 6.42 Å². The molecule has 3 atom stereocenters. The molecule has 1 aromatic carbocycles. The monoisotopic (exact) mass is 502 g/mol. The third-order valence-electron chi connectivity index (χ3n) is 8.32. The molecule has 1 aliphatic heterocycles. The zero-order chi connectivity index (χ0) is 25.9. The van der Waals surface area contributed by atoms with Crippen molar-refractivity contribution in [2.45, 2.75) is 70.4 Å². The van der Waals surface area contributed by atoms with E-state index in [1.807, 2.05) is 36.2 Å². The topological polar surface area (TPSA) is 117 Å². The van der Waals surface area contributed by atoms with Crippen LogP contribution in [0.15, 0.2) is 36.5 Å². The molecule has 0 radical (unpaired) electrons. The van der Waals surface area contributed by atoms with Crippen LogP contribution < -0.4 is 11.1 Å². The fourth-order valence-corrected chi connectivity index (χ4v) is 6.40. The van der Waals surface area contributed by atoms with E-state index in [0.717, 1.165) is 66.4 Å². The number of hydrogen-bond donors (Lipinski definition) is 3. The highest BCUT2D eigenvalue weighted by Crippen LogP contribution is 2.39. The molecule has 37 heavy (non-hydrogen) atoms. The maximum atomic E-state index is 14.2. The van der Waals surface area contributed by atoms with E-state index in [0.29, 0.717) is 18.8 Å². The summed E-state index contributed by atoms with van der Waals surface area (Å²) >= 11 is 0. The van der Waals surface area contributed by atoms with Crippen LogP contribution in [-0.2, 0) is 9.59 Å². The first-order valence-corrected chi connectivity index (χ1v) is 13.7. The smallest absolute Gasteiger partial charge is 0.234 e. The number of nitrogens with two attached hydrogens (primary N) is 1. The number of carbonyl (C=O) groups excluding carboxylic acids is 2. The third-order valence-corrected chi connectivity index (χ3v) is 8.32. The van der Waals surface area contributed by atoms with E-state index in [-0.39, 0.29) is 23.8 Å². The molecule has 3 unspecified atom stereocenters. The van der Waals surface area contributed by atoms with Crippen molar-refractivity contribution in [3.8, 4) is 11.3 Å². The summed E-state index contributed by atoms with van der Waals surface area (Å²) in [5.74, 6) is 0.503. The largest absolute Gasteiger partial charge is 0.368 e. The van der Waals surface area contributed by atoms with Gasteiger partial charge in [-0.3, -0.25) is 9.59 Å². The molecule has 8 heteroatoms. The quantitative estimate of drug-likeness (QED) is 0.426. The lowest BCUT2D eigenvalue weighted by atomic mass is 9.76. The molecule has 0 bridgehead atoms. The summed E-state index contributed by atoms with van der Waals surface area (Å²) in [4.78, 5) is 41.2. The van der Waals surface area contributed by atoms with Gasteiger partial charge in [0.25, 0.3) is 0 Å². The molecule has 2 fully saturated rings. The molecule has 5 rings (SSSR count). The number of nitrogens with one attached hydrogen (secondary N) is 2. The van der Waals surface area contributed by atoms with Gasteiger partial charge in [-0.15, -0.1) is 0 Å². The summed E-state index contributed by atoms with van der Waals surface area (Å²) in [5, 5.41) is 4.15. The Hall–Kier alpha value is -3.26. The van der Waals surface area contributed by atoms with Gasteiger partial charge in [0.1, 0.15) is 5.82 Å². The molecule has 1 saturated heterocycles. The second-order valence-electron chi connectivity index (χ2n) is 10.6. The van der Waals surface area contributed by atoms with E-state index in [4.69, 9.17) is 15.7 Å². The summed E-state index contributed by atoms with van der Waals surface area (Å²) in [6, 6.07) is 9.64. The number of likely N-dealkylation sites (N-methyl/N-ethyl adjacent to an activating group) is 1. The maximum Gasteiger partial charge on any atom is 0.234 e. The summed E-state index contributed by atoms with van der Waals surface area (Å²) < 4.78 is 0. The van der Waals surface area contributed by atoms with Crippen molar-refractivity contribution >= 4 is 22.7 Å². The zero-order valence-electron chi connectivity index (χ0n) is 21.9. The van der Waals surface area contributed by atoms with Crippen LogP contribution in [0.4, 0.5) is 0 Å². The number of primary amides is 1. The molecular formula is C29H38N6O2. The number of fused-ring (bicyclic) bond motifs is 1. The predicted molar refractivity (Wildman–Crippen MR) is 144 cm³/mol. The van der Waals surface area contributed by atoms with E-state index < -0.39 is 11.9 Å². The van der Waals surface area contributed by atoms with Gasteiger partial charge >= 0.3 is 0 Å². The maximum absolute atomic E-state index is 14.2. The number of aromatic amines is 1. The van der Waals surface area contributed by atoms with Crippen molar-refractivity contribution in [3.05, 3.63) is 48.0 Å². The molecule has 2 amide bonds. The molecule has 1 saturated carbocycles. The highest BCUT2D eigenvalue weighted by Gasteiger charge is 2.40. The third kappa shape index (κ3) is 5.25. The first-order chi connectivity index (χ1) is 18.0. The fourth-order valence-electron chi connectivity index (χ4n) is 6.40. The van der Waals surface area contributed by atoms with Crippen LogP contribution in [0.1, 0.15) is 68.9 Å². The Morgan fingerprint density at radius 2 is 1.92 bits per heavy atom. The lowest BCUT2D eigenvalue weighted by Gasteiger charge is -2.35. The molecule has 4 N–H and O–H groups in total. The molecule has 8 nitrogen and oxygen atoms in total. The van der Waals surface area contributed by atoms with Crippen molar-refractivity contribution in [2.24, 2.45) is 17.6 Å². The zero-order valence-corrected chi connectivity index (χ0v) is 21.9. The number of para-hydroxylation sites is 1. The Morgan fingerprint density at radius 1 is 1.14 bits per heavy atom. The normalized spacial score (nSPS) is 20.3. The first kappa shape index (κ1) is 25.4. The van der Waals surface area contributed by atoms with Gasteiger partial charge in [0.05, 0.1) is 23.5 Å². The second-order valence-corrected chi connectivity index (χ2v) is 10.6. The number of carbonyl (C=O) groups is 2. The Morgan fingerprint density at radius 3 is 2.68 bits per heavy atom. The number of aromatic nitrogens is 3. The van der Waals surface area contributed by atoms with Gasteiger partial charge < -0.3 is 20.9 Å². The number of nitrogens with zero attached hydrogens (tertiary/aromatic N) is 3. The summed E-state index contributed by atoms with van der Waals surface area (Å²) in [7, 11) is 1.74.